The monoisotopic (exact) mass is 361 g/mol. The summed E-state index contributed by atoms with van der Waals surface area (Å²) in [7, 11) is 0. The van der Waals surface area contributed by atoms with Gasteiger partial charge in [-0.15, -0.1) is 0 Å². The molecule has 7 nitrogen and oxygen atoms in total. The molecular formula is C19H27N3O4. The van der Waals surface area contributed by atoms with Crippen molar-refractivity contribution in [3.8, 4) is 0 Å². The van der Waals surface area contributed by atoms with Crippen LogP contribution in [0.2, 0.25) is 0 Å². The highest BCUT2D eigenvalue weighted by atomic mass is 16.5. The average Bonchev–Trinajstić information content (AvgIpc) is 2.65. The Hall–Kier alpha value is -2.12. The maximum absolute atomic E-state index is 12.4. The number of benzene rings is 1. The van der Waals surface area contributed by atoms with E-state index in [2.05, 4.69) is 10.6 Å². The number of hydrogen-bond acceptors (Lipinski definition) is 5. The van der Waals surface area contributed by atoms with Crippen molar-refractivity contribution < 1.29 is 19.1 Å². The second-order valence-electron chi connectivity index (χ2n) is 6.90. The SMILES string of the molecule is CC(NC1CC(NC(=O)OCc2ccccc2)C1)C(=O)N1CCOCC1. The van der Waals surface area contributed by atoms with Gasteiger partial charge >= 0.3 is 6.09 Å². The smallest absolute Gasteiger partial charge is 0.407 e. The molecule has 1 aromatic rings. The summed E-state index contributed by atoms with van der Waals surface area (Å²) in [5.74, 6) is 0.118. The first-order chi connectivity index (χ1) is 12.6. The number of morpholine rings is 1. The second-order valence-corrected chi connectivity index (χ2v) is 6.90. The predicted molar refractivity (Wildman–Crippen MR) is 96.6 cm³/mol. The van der Waals surface area contributed by atoms with Crippen LogP contribution in [0.4, 0.5) is 4.79 Å². The van der Waals surface area contributed by atoms with Crippen LogP contribution < -0.4 is 10.6 Å². The molecule has 26 heavy (non-hydrogen) atoms. The normalized spacial score (nSPS) is 23.7. The van der Waals surface area contributed by atoms with Crippen molar-refractivity contribution in [1.29, 1.82) is 0 Å². The highest BCUT2D eigenvalue weighted by molar-refractivity contribution is 5.81. The van der Waals surface area contributed by atoms with Crippen molar-refractivity contribution >= 4 is 12.0 Å². The Labute approximate surface area is 154 Å². The number of nitrogens with zero attached hydrogens (tertiary/aromatic N) is 1. The molecule has 1 aliphatic heterocycles. The van der Waals surface area contributed by atoms with Gasteiger partial charge in [0.1, 0.15) is 6.61 Å². The van der Waals surface area contributed by atoms with E-state index in [1.165, 1.54) is 0 Å². The van der Waals surface area contributed by atoms with Crippen LogP contribution in [0.3, 0.4) is 0 Å². The Morgan fingerprint density at radius 1 is 1.19 bits per heavy atom. The Morgan fingerprint density at radius 3 is 2.58 bits per heavy atom. The molecule has 2 fully saturated rings. The molecule has 0 radical (unpaired) electrons. The van der Waals surface area contributed by atoms with Crippen molar-refractivity contribution in [2.75, 3.05) is 26.3 Å². The van der Waals surface area contributed by atoms with Crippen LogP contribution in [0.1, 0.15) is 25.3 Å². The van der Waals surface area contributed by atoms with Crippen LogP contribution in [0.5, 0.6) is 0 Å². The van der Waals surface area contributed by atoms with Crippen LogP contribution in [0.15, 0.2) is 30.3 Å². The number of rotatable bonds is 6. The predicted octanol–water partition coefficient (Wildman–Crippen LogP) is 1.28. The van der Waals surface area contributed by atoms with Crippen molar-refractivity contribution in [2.45, 2.75) is 44.5 Å². The Bertz CT molecular complexity index is 598. The van der Waals surface area contributed by atoms with Gasteiger partial charge in [0.2, 0.25) is 5.91 Å². The van der Waals surface area contributed by atoms with Gasteiger partial charge in [0, 0.05) is 25.2 Å². The lowest BCUT2D eigenvalue weighted by Crippen LogP contribution is -2.58. The van der Waals surface area contributed by atoms with Crippen LogP contribution >= 0.6 is 0 Å². The number of carbonyl (C=O) groups excluding carboxylic acids is 2. The number of hydrogen-bond donors (Lipinski definition) is 2. The summed E-state index contributed by atoms with van der Waals surface area (Å²) < 4.78 is 10.5. The molecule has 1 unspecified atom stereocenters. The zero-order valence-electron chi connectivity index (χ0n) is 15.1. The molecule has 1 saturated heterocycles. The first-order valence-corrected chi connectivity index (χ1v) is 9.21. The van der Waals surface area contributed by atoms with Gasteiger partial charge in [-0.2, -0.15) is 0 Å². The molecule has 1 heterocycles. The number of carbonyl (C=O) groups is 2. The van der Waals surface area contributed by atoms with Crippen molar-refractivity contribution in [1.82, 2.24) is 15.5 Å². The minimum atomic E-state index is -0.394. The third-order valence-corrected chi connectivity index (χ3v) is 4.85. The number of ether oxygens (including phenoxy) is 2. The fraction of sp³-hybridized carbons (Fsp3) is 0.579. The molecule has 0 spiro atoms. The second kappa shape index (κ2) is 9.00. The van der Waals surface area contributed by atoms with Crippen LogP contribution in [0.25, 0.3) is 0 Å². The number of amides is 2. The van der Waals surface area contributed by atoms with Gasteiger partial charge in [-0.3, -0.25) is 4.79 Å². The highest BCUT2D eigenvalue weighted by Gasteiger charge is 2.33. The zero-order valence-corrected chi connectivity index (χ0v) is 15.1. The highest BCUT2D eigenvalue weighted by Crippen LogP contribution is 2.21. The number of alkyl carbamates (subject to hydrolysis) is 1. The van der Waals surface area contributed by atoms with E-state index in [1.54, 1.807) is 0 Å². The van der Waals surface area contributed by atoms with Crippen molar-refractivity contribution in [3.63, 3.8) is 0 Å². The van der Waals surface area contributed by atoms with Gasteiger partial charge < -0.3 is 25.0 Å². The molecule has 3 rings (SSSR count). The first kappa shape index (κ1) is 18.7. The van der Waals surface area contributed by atoms with Crippen LogP contribution in [-0.4, -0.2) is 61.3 Å². The third-order valence-electron chi connectivity index (χ3n) is 4.85. The fourth-order valence-corrected chi connectivity index (χ4v) is 3.29. The van der Waals surface area contributed by atoms with Crippen molar-refractivity contribution in [3.05, 3.63) is 35.9 Å². The minimum absolute atomic E-state index is 0.0986. The molecule has 1 atom stereocenters. The maximum Gasteiger partial charge on any atom is 0.407 e. The van der Waals surface area contributed by atoms with E-state index < -0.39 is 6.09 Å². The van der Waals surface area contributed by atoms with E-state index in [0.717, 1.165) is 18.4 Å². The lowest BCUT2D eigenvalue weighted by molar-refractivity contribution is -0.137. The molecule has 142 valence electrons. The first-order valence-electron chi connectivity index (χ1n) is 9.21. The standard InChI is InChI=1S/C19H27N3O4/c1-14(18(23)22-7-9-25-10-8-22)20-16-11-17(12-16)21-19(24)26-13-15-5-3-2-4-6-15/h2-6,14,16-17,20H,7-13H2,1H3,(H,21,24). The van der Waals surface area contributed by atoms with Gasteiger partial charge in [0.15, 0.2) is 0 Å². The summed E-state index contributed by atoms with van der Waals surface area (Å²) in [6.45, 7) is 4.71. The lowest BCUT2D eigenvalue weighted by atomic mass is 9.86. The summed E-state index contributed by atoms with van der Waals surface area (Å²) >= 11 is 0. The zero-order chi connectivity index (χ0) is 18.4. The van der Waals surface area contributed by atoms with E-state index in [0.29, 0.717) is 26.3 Å². The lowest BCUT2D eigenvalue weighted by Gasteiger charge is -2.38. The summed E-state index contributed by atoms with van der Waals surface area (Å²) in [4.78, 5) is 26.1. The summed E-state index contributed by atoms with van der Waals surface area (Å²) in [5, 5.41) is 6.22. The summed E-state index contributed by atoms with van der Waals surface area (Å²) in [5.41, 5.74) is 0.964. The van der Waals surface area contributed by atoms with Gasteiger partial charge in [0.05, 0.1) is 19.3 Å². The van der Waals surface area contributed by atoms with Gasteiger partial charge in [-0.25, -0.2) is 4.79 Å². The molecule has 7 heteroatoms. The molecule has 1 aromatic carbocycles. The molecule has 1 aliphatic carbocycles. The topological polar surface area (TPSA) is 79.9 Å². The van der Waals surface area contributed by atoms with Crippen LogP contribution in [-0.2, 0) is 20.9 Å². The Morgan fingerprint density at radius 2 is 1.88 bits per heavy atom. The van der Waals surface area contributed by atoms with Crippen LogP contribution in [0, 0.1) is 0 Å². The quantitative estimate of drug-likeness (QED) is 0.798. The third kappa shape index (κ3) is 5.19. The van der Waals surface area contributed by atoms with E-state index in [4.69, 9.17) is 9.47 Å². The van der Waals surface area contributed by atoms with E-state index in [9.17, 15) is 9.59 Å². The maximum atomic E-state index is 12.4. The van der Waals surface area contributed by atoms with E-state index in [1.807, 2.05) is 42.2 Å². The summed E-state index contributed by atoms with van der Waals surface area (Å²) in [6, 6.07) is 9.72. The molecular weight excluding hydrogens is 334 g/mol. The Kier molecular flexibility index (Phi) is 6.46. The minimum Gasteiger partial charge on any atom is -0.445 e. The molecule has 0 aromatic heterocycles. The molecule has 1 saturated carbocycles. The Balaban J connectivity index is 1.31. The largest absolute Gasteiger partial charge is 0.445 e. The molecule has 2 amide bonds. The van der Waals surface area contributed by atoms with Gasteiger partial charge in [-0.05, 0) is 25.3 Å². The van der Waals surface area contributed by atoms with Crippen molar-refractivity contribution in [2.24, 2.45) is 0 Å². The number of nitrogens with one attached hydrogen (secondary N) is 2. The van der Waals surface area contributed by atoms with E-state index in [-0.39, 0.29) is 30.6 Å². The summed E-state index contributed by atoms with van der Waals surface area (Å²) in [6.07, 6.45) is 1.22. The molecule has 2 N–H and O–H groups in total. The fourth-order valence-electron chi connectivity index (χ4n) is 3.29. The van der Waals surface area contributed by atoms with E-state index >= 15 is 0 Å². The average molecular weight is 361 g/mol. The molecule has 2 aliphatic rings. The molecule has 0 bridgehead atoms. The van der Waals surface area contributed by atoms with Gasteiger partial charge in [0.25, 0.3) is 0 Å². The van der Waals surface area contributed by atoms with Gasteiger partial charge in [-0.1, -0.05) is 30.3 Å².